The molecular weight excluding hydrogens is 550 g/mol. The van der Waals surface area contributed by atoms with Crippen molar-refractivity contribution in [2.45, 2.75) is 62.0 Å². The molecule has 3 N–H and O–H groups in total. The third-order valence-corrected chi connectivity index (χ3v) is 10.8. The molecule has 0 saturated carbocycles. The topological polar surface area (TPSA) is 108 Å². The first-order chi connectivity index (χ1) is 19.1. The number of nitrogens with one attached hydrogen (secondary N) is 2. The van der Waals surface area contributed by atoms with Crippen LogP contribution in [0.2, 0.25) is 5.02 Å². The minimum atomic E-state index is -0.755. The lowest BCUT2D eigenvalue weighted by atomic mass is 9.66. The van der Waals surface area contributed by atoms with Gasteiger partial charge in [-0.3, -0.25) is 14.4 Å². The fourth-order valence-corrected chi connectivity index (χ4v) is 9.39. The zero-order chi connectivity index (χ0) is 28.7. The Hall–Kier alpha value is -2.75. The number of halogens is 1. The van der Waals surface area contributed by atoms with E-state index in [9.17, 15) is 19.5 Å². The van der Waals surface area contributed by atoms with Crippen LogP contribution in [0.15, 0.2) is 42.5 Å². The molecule has 10 heteroatoms. The number of unbranched alkanes of at least 4 members (excludes halogenated alkanes) is 1. The van der Waals surface area contributed by atoms with Crippen LogP contribution >= 0.6 is 23.4 Å². The van der Waals surface area contributed by atoms with Gasteiger partial charge in [0, 0.05) is 23.6 Å². The lowest BCUT2D eigenvalue weighted by Gasteiger charge is -2.35. The molecule has 3 heterocycles. The number of aryl methyl sites for hydroxylation is 1. The lowest BCUT2D eigenvalue weighted by molar-refractivity contribution is -0.139. The predicted octanol–water partition coefficient (Wildman–Crippen LogP) is 4.88. The Morgan fingerprint density at radius 1 is 1.12 bits per heavy atom. The van der Waals surface area contributed by atoms with Crippen molar-refractivity contribution in [1.29, 1.82) is 0 Å². The minimum Gasteiger partial charge on any atom is -0.494 e. The number of hydrogen-bond acceptors (Lipinski definition) is 6. The van der Waals surface area contributed by atoms with E-state index in [0.29, 0.717) is 54.6 Å². The van der Waals surface area contributed by atoms with Crippen LogP contribution in [0.25, 0.3) is 0 Å². The molecule has 2 unspecified atom stereocenters. The van der Waals surface area contributed by atoms with E-state index in [1.165, 1.54) is 0 Å². The van der Waals surface area contributed by atoms with Crippen LogP contribution in [0.5, 0.6) is 5.75 Å². The van der Waals surface area contributed by atoms with E-state index in [0.717, 1.165) is 12.0 Å². The Balaban J connectivity index is 1.46. The van der Waals surface area contributed by atoms with Crippen molar-refractivity contribution >= 4 is 52.5 Å². The predicted molar refractivity (Wildman–Crippen MR) is 158 cm³/mol. The number of likely N-dealkylation sites (tertiary alicyclic amines) is 1. The number of benzene rings is 2. The highest BCUT2D eigenvalue weighted by molar-refractivity contribution is 8.02. The van der Waals surface area contributed by atoms with E-state index in [-0.39, 0.29) is 24.3 Å². The summed E-state index contributed by atoms with van der Waals surface area (Å²) in [5.41, 5.74) is 1.99. The van der Waals surface area contributed by atoms with E-state index in [1.54, 1.807) is 47.0 Å². The first-order valence-electron chi connectivity index (χ1n) is 13.9. The number of hydrogen-bond donors (Lipinski definition) is 3. The van der Waals surface area contributed by atoms with Gasteiger partial charge in [0.15, 0.2) is 0 Å². The summed E-state index contributed by atoms with van der Waals surface area (Å²) in [7, 11) is 0. The summed E-state index contributed by atoms with van der Waals surface area (Å²) in [5, 5.41) is 15.9. The Kier molecular flexibility index (Phi) is 8.10. The average Bonchev–Trinajstić information content (AvgIpc) is 3.48. The Bertz CT molecular complexity index is 1290. The molecule has 2 bridgehead atoms. The molecule has 5 rings (SSSR count). The molecule has 2 aromatic carbocycles. The SMILES string of the molecule is CCOc1ccc(NC(=O)[C@@H]2[C@H]3C(=O)N(CCCCO)C(C(=O)Nc4c(C)cccc4Cl)C34CC[C@@]2(C)S4)cc1. The van der Waals surface area contributed by atoms with Crippen molar-refractivity contribution < 1.29 is 24.2 Å². The van der Waals surface area contributed by atoms with Gasteiger partial charge in [-0.2, -0.15) is 0 Å². The Morgan fingerprint density at radius 2 is 1.88 bits per heavy atom. The molecule has 1 spiro atoms. The third kappa shape index (κ3) is 4.86. The lowest BCUT2D eigenvalue weighted by Crippen LogP contribution is -2.52. The van der Waals surface area contributed by atoms with Crippen LogP contribution in [-0.2, 0) is 14.4 Å². The number of anilines is 2. The summed E-state index contributed by atoms with van der Waals surface area (Å²) in [6.07, 6.45) is 2.46. The van der Waals surface area contributed by atoms with Gasteiger partial charge in [-0.15, -0.1) is 11.8 Å². The van der Waals surface area contributed by atoms with E-state index >= 15 is 0 Å². The zero-order valence-corrected chi connectivity index (χ0v) is 24.6. The summed E-state index contributed by atoms with van der Waals surface area (Å²) in [5.74, 6) is -1.18. The van der Waals surface area contributed by atoms with Gasteiger partial charge in [0.25, 0.3) is 0 Å². The van der Waals surface area contributed by atoms with Crippen molar-refractivity contribution in [3.05, 3.63) is 53.1 Å². The second-order valence-corrected chi connectivity index (χ2v) is 13.4. The van der Waals surface area contributed by atoms with Crippen LogP contribution in [-0.4, -0.2) is 63.0 Å². The molecular formula is C30H36ClN3O5S. The van der Waals surface area contributed by atoms with Crippen LogP contribution < -0.4 is 15.4 Å². The first kappa shape index (κ1) is 28.8. The van der Waals surface area contributed by atoms with Crippen molar-refractivity contribution in [1.82, 2.24) is 4.90 Å². The Labute approximate surface area is 244 Å². The van der Waals surface area contributed by atoms with Crippen molar-refractivity contribution in [3.8, 4) is 5.75 Å². The molecule has 0 aliphatic carbocycles. The summed E-state index contributed by atoms with van der Waals surface area (Å²) in [6.45, 7) is 6.72. The number of rotatable bonds is 10. The maximum Gasteiger partial charge on any atom is 0.248 e. The normalized spacial score (nSPS) is 28.5. The molecule has 3 aliphatic rings. The maximum absolute atomic E-state index is 14.1. The number of fused-ring (bicyclic) bond motifs is 1. The van der Waals surface area contributed by atoms with Gasteiger partial charge in [-0.25, -0.2) is 0 Å². The molecule has 214 valence electrons. The van der Waals surface area contributed by atoms with Crippen LogP contribution in [0.1, 0.15) is 45.1 Å². The van der Waals surface area contributed by atoms with Crippen molar-refractivity contribution in [2.24, 2.45) is 11.8 Å². The highest BCUT2D eigenvalue weighted by atomic mass is 35.5. The molecule has 5 atom stereocenters. The second kappa shape index (κ2) is 11.3. The zero-order valence-electron chi connectivity index (χ0n) is 23.0. The molecule has 3 saturated heterocycles. The quantitative estimate of drug-likeness (QED) is 0.343. The van der Waals surface area contributed by atoms with Gasteiger partial charge in [0.1, 0.15) is 11.8 Å². The number of carbonyl (C=O) groups is 3. The second-order valence-electron chi connectivity index (χ2n) is 11.1. The van der Waals surface area contributed by atoms with E-state index < -0.39 is 27.4 Å². The molecule has 0 radical (unpaired) electrons. The highest BCUT2D eigenvalue weighted by Crippen LogP contribution is 2.71. The van der Waals surface area contributed by atoms with Crippen molar-refractivity contribution in [2.75, 3.05) is 30.4 Å². The summed E-state index contributed by atoms with van der Waals surface area (Å²) in [4.78, 5) is 43.7. The fraction of sp³-hybridized carbons (Fsp3) is 0.500. The fourth-order valence-electron chi connectivity index (χ4n) is 6.76. The molecule has 40 heavy (non-hydrogen) atoms. The molecule has 8 nitrogen and oxygen atoms in total. The monoisotopic (exact) mass is 585 g/mol. The average molecular weight is 586 g/mol. The van der Waals surface area contributed by atoms with Crippen LogP contribution in [0, 0.1) is 18.8 Å². The molecule has 2 aromatic rings. The Morgan fingerprint density at radius 3 is 2.55 bits per heavy atom. The standard InChI is InChI=1S/C30H36ClN3O5S/c1-4-39-20-12-10-19(11-13-20)32-26(36)22-23-28(38)34(16-5-6-17-35)25(30(23)15-14-29(22,3)40-30)27(37)33-24-18(2)8-7-9-21(24)31/h7-13,22-23,25,35H,4-6,14-17H2,1-3H3,(H,32,36)(H,33,37)/t22-,23-,25?,29+,30?/m0/s1. The highest BCUT2D eigenvalue weighted by Gasteiger charge is 2.77. The van der Waals surface area contributed by atoms with E-state index in [4.69, 9.17) is 16.3 Å². The minimum absolute atomic E-state index is 0.00617. The van der Waals surface area contributed by atoms with Crippen LogP contribution in [0.4, 0.5) is 11.4 Å². The van der Waals surface area contributed by atoms with Gasteiger partial charge in [0.05, 0.1) is 33.9 Å². The number of aliphatic hydroxyl groups is 1. The van der Waals surface area contributed by atoms with Gasteiger partial charge < -0.3 is 25.4 Å². The van der Waals surface area contributed by atoms with Gasteiger partial charge >= 0.3 is 0 Å². The summed E-state index contributed by atoms with van der Waals surface area (Å²) in [6, 6.07) is 11.9. The van der Waals surface area contributed by atoms with E-state index in [2.05, 4.69) is 10.6 Å². The van der Waals surface area contributed by atoms with Gasteiger partial charge in [-0.1, -0.05) is 23.7 Å². The van der Waals surface area contributed by atoms with E-state index in [1.807, 2.05) is 32.9 Å². The number of amides is 3. The number of carbonyl (C=O) groups excluding carboxylic acids is 3. The summed E-state index contributed by atoms with van der Waals surface area (Å²) < 4.78 is 4.30. The maximum atomic E-state index is 14.1. The largest absolute Gasteiger partial charge is 0.494 e. The molecule has 3 fully saturated rings. The molecule has 0 aromatic heterocycles. The number of aliphatic hydroxyl groups excluding tert-OH is 1. The van der Waals surface area contributed by atoms with Crippen molar-refractivity contribution in [3.63, 3.8) is 0 Å². The smallest absolute Gasteiger partial charge is 0.248 e. The third-order valence-electron chi connectivity index (χ3n) is 8.52. The van der Waals surface area contributed by atoms with Gasteiger partial charge in [-0.05, 0) is 82.3 Å². The molecule has 3 amide bonds. The molecule has 3 aliphatic heterocycles. The van der Waals surface area contributed by atoms with Gasteiger partial charge in [0.2, 0.25) is 17.7 Å². The number of ether oxygens (including phenoxy) is 1. The number of para-hydroxylation sites is 1. The summed E-state index contributed by atoms with van der Waals surface area (Å²) >= 11 is 8.06. The number of nitrogens with zero attached hydrogens (tertiary/aromatic N) is 1. The first-order valence-corrected chi connectivity index (χ1v) is 15.1. The van der Waals surface area contributed by atoms with Crippen LogP contribution in [0.3, 0.4) is 0 Å². The number of thioether (sulfide) groups is 1.